The maximum absolute atomic E-state index is 12.2. The molecule has 0 aliphatic rings. The average molecular weight is 694 g/mol. The molecular weight excluding hydrogens is 632 g/mol. The van der Waals surface area contributed by atoms with Crippen LogP contribution < -0.4 is 9.47 Å². The van der Waals surface area contributed by atoms with Crippen LogP contribution in [0, 0.1) is 5.92 Å². The molecule has 5 nitrogen and oxygen atoms in total. The van der Waals surface area contributed by atoms with Crippen molar-refractivity contribution in [2.45, 2.75) is 135 Å². The van der Waals surface area contributed by atoms with Gasteiger partial charge in [-0.15, -0.1) is 11.6 Å². The molecule has 2 unspecified atom stereocenters. The van der Waals surface area contributed by atoms with Crippen molar-refractivity contribution in [3.8, 4) is 22.6 Å². The molecule has 2 aromatic carbocycles. The highest BCUT2D eigenvalue weighted by molar-refractivity contribution is 6.87. The third-order valence-electron chi connectivity index (χ3n) is 7.90. The molecule has 2 aromatic rings. The van der Waals surface area contributed by atoms with Crippen LogP contribution in [0.15, 0.2) is 48.5 Å². The standard InChI is InChI=1S/C36H61ClO5Si3/c1-10-30(2)35(37)36(38)40-34-26-22-32(23-27-34)31-20-24-33(25-21-31)39-28-18-16-14-12-11-13-15-17-19-29-44(6,7)42-45(8,9)41-43(3,4)5/h20-27,30,35H,10-19,28-29H2,1-9H3. The summed E-state index contributed by atoms with van der Waals surface area (Å²) >= 11 is 6.21. The van der Waals surface area contributed by atoms with Gasteiger partial charge in [0.05, 0.1) is 6.61 Å². The summed E-state index contributed by atoms with van der Waals surface area (Å²) in [4.78, 5) is 12.2. The van der Waals surface area contributed by atoms with Crippen LogP contribution in [0.25, 0.3) is 11.1 Å². The first-order valence-corrected chi connectivity index (χ1v) is 27.0. The van der Waals surface area contributed by atoms with Crippen molar-refractivity contribution in [2.24, 2.45) is 5.92 Å². The van der Waals surface area contributed by atoms with Crippen LogP contribution in [-0.2, 0) is 13.0 Å². The lowest BCUT2D eigenvalue weighted by molar-refractivity contribution is -0.134. The molecular formula is C36H61ClO5Si3. The van der Waals surface area contributed by atoms with E-state index in [1.807, 2.05) is 50.2 Å². The molecule has 254 valence electrons. The third-order valence-corrected chi connectivity index (χ3v) is 18.7. The van der Waals surface area contributed by atoms with Crippen molar-refractivity contribution in [1.82, 2.24) is 0 Å². The van der Waals surface area contributed by atoms with Gasteiger partial charge >= 0.3 is 14.5 Å². The third kappa shape index (κ3) is 16.8. The molecule has 2 rings (SSSR count). The predicted molar refractivity (Wildman–Crippen MR) is 199 cm³/mol. The first-order chi connectivity index (χ1) is 21.1. The molecule has 0 amide bonds. The smallest absolute Gasteiger partial charge is 0.329 e. The number of rotatable bonds is 22. The van der Waals surface area contributed by atoms with E-state index in [1.54, 1.807) is 0 Å². The van der Waals surface area contributed by atoms with Crippen LogP contribution in [0.5, 0.6) is 11.5 Å². The number of alkyl halides is 1. The molecule has 0 aromatic heterocycles. The van der Waals surface area contributed by atoms with Gasteiger partial charge < -0.3 is 17.7 Å². The summed E-state index contributed by atoms with van der Waals surface area (Å²) in [5.74, 6) is 1.08. The number of unbranched alkanes of at least 4 members (excludes halogenated alkanes) is 8. The highest BCUT2D eigenvalue weighted by atomic mass is 35.5. The summed E-state index contributed by atoms with van der Waals surface area (Å²) in [6.45, 7) is 20.7. The Hall–Kier alpha value is -1.43. The van der Waals surface area contributed by atoms with Gasteiger partial charge in [0, 0.05) is 0 Å². The molecule has 9 heteroatoms. The van der Waals surface area contributed by atoms with Crippen molar-refractivity contribution in [3.05, 3.63) is 48.5 Å². The minimum atomic E-state index is -2.02. The van der Waals surface area contributed by atoms with Crippen molar-refractivity contribution >= 4 is 42.8 Å². The van der Waals surface area contributed by atoms with Crippen LogP contribution >= 0.6 is 11.6 Å². The summed E-state index contributed by atoms with van der Waals surface area (Å²) in [7, 11) is -5.24. The molecule has 0 radical (unpaired) electrons. The molecule has 0 fully saturated rings. The number of benzene rings is 2. The Morgan fingerprint density at radius 1 is 0.689 bits per heavy atom. The van der Waals surface area contributed by atoms with Crippen LogP contribution in [0.2, 0.25) is 51.9 Å². The van der Waals surface area contributed by atoms with Gasteiger partial charge in [0.2, 0.25) is 0 Å². The highest BCUT2D eigenvalue weighted by Crippen LogP contribution is 2.27. The van der Waals surface area contributed by atoms with Crippen LogP contribution in [0.4, 0.5) is 0 Å². The summed E-state index contributed by atoms with van der Waals surface area (Å²) in [6.07, 6.45) is 12.3. The zero-order chi connectivity index (χ0) is 33.5. The maximum Gasteiger partial charge on any atom is 0.329 e. The van der Waals surface area contributed by atoms with Crippen molar-refractivity contribution in [1.29, 1.82) is 0 Å². The van der Waals surface area contributed by atoms with Gasteiger partial charge in [-0.2, -0.15) is 0 Å². The number of esters is 1. The maximum atomic E-state index is 12.2. The second-order valence-corrected chi connectivity index (χ2v) is 27.7. The van der Waals surface area contributed by atoms with E-state index < -0.39 is 36.5 Å². The monoisotopic (exact) mass is 692 g/mol. The predicted octanol–water partition coefficient (Wildman–Crippen LogP) is 11.6. The molecule has 0 N–H and O–H groups in total. The summed E-state index contributed by atoms with van der Waals surface area (Å²) in [5.41, 5.74) is 2.14. The zero-order valence-electron chi connectivity index (χ0n) is 29.7. The van der Waals surface area contributed by atoms with E-state index in [9.17, 15) is 4.79 Å². The van der Waals surface area contributed by atoms with Crippen LogP contribution in [0.1, 0.15) is 78.1 Å². The molecule has 0 bridgehead atoms. The van der Waals surface area contributed by atoms with E-state index in [0.717, 1.165) is 36.3 Å². The molecule has 0 heterocycles. The quantitative estimate of drug-likeness (QED) is 0.0404. The molecule has 0 saturated heterocycles. The topological polar surface area (TPSA) is 54.0 Å². The number of ether oxygens (including phenoxy) is 2. The molecule has 2 atom stereocenters. The first-order valence-electron chi connectivity index (χ1n) is 17.2. The Bertz CT molecular complexity index is 1120. The van der Waals surface area contributed by atoms with E-state index in [1.165, 1.54) is 57.4 Å². The first kappa shape index (κ1) is 39.7. The number of hydrogen-bond donors (Lipinski definition) is 0. The van der Waals surface area contributed by atoms with Gasteiger partial charge in [0.15, 0.2) is 16.6 Å². The number of carbonyl (C=O) groups is 1. The average Bonchev–Trinajstić information content (AvgIpc) is 2.95. The van der Waals surface area contributed by atoms with Gasteiger partial charge in [-0.1, -0.05) is 95.9 Å². The summed E-state index contributed by atoms with van der Waals surface area (Å²) in [6, 6.07) is 16.9. The Morgan fingerprint density at radius 2 is 1.16 bits per heavy atom. The lowest BCUT2D eigenvalue weighted by atomic mass is 10.0. The van der Waals surface area contributed by atoms with Gasteiger partial charge in [-0.25, -0.2) is 0 Å². The van der Waals surface area contributed by atoms with Gasteiger partial charge in [0.1, 0.15) is 16.9 Å². The largest absolute Gasteiger partial charge is 0.494 e. The van der Waals surface area contributed by atoms with Crippen LogP contribution in [0.3, 0.4) is 0 Å². The van der Waals surface area contributed by atoms with E-state index in [4.69, 9.17) is 29.3 Å². The minimum absolute atomic E-state index is 0.0745. The second kappa shape index (κ2) is 19.4. The van der Waals surface area contributed by atoms with Gasteiger partial charge in [-0.05, 0) is 99.6 Å². The number of hydrogen-bond acceptors (Lipinski definition) is 5. The SMILES string of the molecule is CCC(C)C(Cl)C(=O)Oc1ccc(-c2ccc(OCCCCCCCCCCC[Si](C)(C)O[Si](C)(C)O[Si](C)(C)C)cc2)cc1. The fourth-order valence-corrected chi connectivity index (χ4v) is 19.1. The number of carbonyl (C=O) groups excluding carboxylic acids is 1. The molecule has 0 spiro atoms. The van der Waals surface area contributed by atoms with Crippen molar-refractivity contribution in [2.75, 3.05) is 6.61 Å². The Morgan fingerprint density at radius 3 is 1.64 bits per heavy atom. The van der Waals surface area contributed by atoms with Crippen molar-refractivity contribution < 1.29 is 22.5 Å². The van der Waals surface area contributed by atoms with Gasteiger partial charge in [0.25, 0.3) is 0 Å². The lowest BCUT2D eigenvalue weighted by Gasteiger charge is -2.37. The summed E-state index contributed by atoms with van der Waals surface area (Å²) in [5, 5.41) is -0.636. The van der Waals surface area contributed by atoms with Crippen molar-refractivity contribution in [3.63, 3.8) is 0 Å². The molecule has 0 aliphatic heterocycles. The zero-order valence-corrected chi connectivity index (χ0v) is 33.4. The molecule has 45 heavy (non-hydrogen) atoms. The highest BCUT2D eigenvalue weighted by Gasteiger charge is 2.37. The van der Waals surface area contributed by atoms with E-state index >= 15 is 0 Å². The Labute approximate surface area is 283 Å². The second-order valence-electron chi connectivity index (χ2n) is 14.5. The van der Waals surface area contributed by atoms with E-state index in [-0.39, 0.29) is 5.92 Å². The van der Waals surface area contributed by atoms with Crippen LogP contribution in [-0.4, -0.2) is 43.1 Å². The minimum Gasteiger partial charge on any atom is -0.494 e. The fourth-order valence-electron chi connectivity index (χ4n) is 5.63. The molecule has 0 aliphatic carbocycles. The Kier molecular flexibility index (Phi) is 17.1. The number of halogens is 1. The lowest BCUT2D eigenvalue weighted by Crippen LogP contribution is -2.51. The fraction of sp³-hybridized carbons (Fsp3) is 0.639. The van der Waals surface area contributed by atoms with E-state index in [0.29, 0.717) is 5.75 Å². The van der Waals surface area contributed by atoms with Gasteiger partial charge in [-0.3, -0.25) is 4.79 Å². The Balaban J connectivity index is 1.54. The normalized spacial score (nSPS) is 13.8. The van der Waals surface area contributed by atoms with E-state index in [2.05, 4.69) is 58.0 Å². The summed E-state index contributed by atoms with van der Waals surface area (Å²) < 4.78 is 24.5. The molecule has 0 saturated carbocycles.